The maximum atomic E-state index is 12.2. The van der Waals surface area contributed by atoms with Gasteiger partial charge in [-0.3, -0.25) is 9.69 Å². The largest absolute Gasteiger partial charge is 0.305 e. The number of likely N-dealkylation sites (N-methyl/N-ethyl adjacent to an activating group) is 1. The van der Waals surface area contributed by atoms with Gasteiger partial charge in [-0.05, 0) is 57.7 Å². The molecule has 1 aliphatic heterocycles. The molecule has 4 heteroatoms. The fourth-order valence-corrected chi connectivity index (χ4v) is 2.65. The van der Waals surface area contributed by atoms with Crippen LogP contribution in [0.4, 0.5) is 0 Å². The van der Waals surface area contributed by atoms with E-state index in [9.17, 15) is 4.79 Å². The molecule has 104 valence electrons. The highest BCUT2D eigenvalue weighted by molar-refractivity contribution is 6.30. The minimum Gasteiger partial charge on any atom is -0.305 e. The van der Waals surface area contributed by atoms with E-state index in [4.69, 9.17) is 11.6 Å². The lowest BCUT2D eigenvalue weighted by atomic mass is 10.0. The van der Waals surface area contributed by atoms with E-state index in [0.29, 0.717) is 17.6 Å². The number of nitrogens with zero attached hydrogens (tertiary/aromatic N) is 2. The fraction of sp³-hybridized carbons (Fsp3) is 0.533. The molecule has 0 spiro atoms. The van der Waals surface area contributed by atoms with E-state index in [0.717, 1.165) is 25.1 Å². The summed E-state index contributed by atoms with van der Waals surface area (Å²) in [5, 5.41) is 0.669. The quantitative estimate of drug-likeness (QED) is 0.792. The Hall–Kier alpha value is -0.900. The van der Waals surface area contributed by atoms with Crippen molar-refractivity contribution in [1.29, 1.82) is 0 Å². The molecule has 1 heterocycles. The molecule has 2 rings (SSSR count). The van der Waals surface area contributed by atoms with Gasteiger partial charge in [0.05, 0.1) is 6.54 Å². The molecule has 0 N–H and O–H groups in total. The zero-order valence-corrected chi connectivity index (χ0v) is 12.4. The van der Waals surface area contributed by atoms with Gasteiger partial charge in [-0.25, -0.2) is 0 Å². The summed E-state index contributed by atoms with van der Waals surface area (Å²) in [5.74, 6) is 0.177. The zero-order chi connectivity index (χ0) is 13.8. The van der Waals surface area contributed by atoms with Crippen LogP contribution in [0.3, 0.4) is 0 Å². The Morgan fingerprint density at radius 1 is 1.37 bits per heavy atom. The number of halogens is 1. The number of hydrogen-bond acceptors (Lipinski definition) is 3. The number of carbonyl (C=O) groups is 1. The van der Waals surface area contributed by atoms with E-state index < -0.39 is 0 Å². The number of piperidine rings is 1. The van der Waals surface area contributed by atoms with E-state index in [1.165, 1.54) is 6.42 Å². The molecule has 1 unspecified atom stereocenters. The third-order valence-electron chi connectivity index (χ3n) is 3.74. The summed E-state index contributed by atoms with van der Waals surface area (Å²) in [6.07, 6.45) is 2.38. The highest BCUT2D eigenvalue weighted by Gasteiger charge is 2.23. The van der Waals surface area contributed by atoms with Gasteiger partial charge in [0.25, 0.3) is 0 Å². The third kappa shape index (κ3) is 4.03. The minimum absolute atomic E-state index is 0.177. The monoisotopic (exact) mass is 280 g/mol. The Labute approximate surface area is 120 Å². The van der Waals surface area contributed by atoms with Gasteiger partial charge in [-0.2, -0.15) is 0 Å². The summed E-state index contributed by atoms with van der Waals surface area (Å²) < 4.78 is 0. The Morgan fingerprint density at radius 2 is 2.05 bits per heavy atom. The van der Waals surface area contributed by atoms with Crippen LogP contribution in [0.25, 0.3) is 0 Å². The van der Waals surface area contributed by atoms with Gasteiger partial charge in [-0.1, -0.05) is 11.6 Å². The number of carbonyl (C=O) groups excluding carboxylic acids is 1. The van der Waals surface area contributed by atoms with Gasteiger partial charge in [-0.15, -0.1) is 0 Å². The summed E-state index contributed by atoms with van der Waals surface area (Å²) in [5.41, 5.74) is 0.747. The van der Waals surface area contributed by atoms with Crippen LogP contribution in [0.1, 0.15) is 23.2 Å². The molecule has 19 heavy (non-hydrogen) atoms. The lowest BCUT2D eigenvalue weighted by Gasteiger charge is -2.35. The van der Waals surface area contributed by atoms with Crippen molar-refractivity contribution in [2.75, 3.05) is 33.7 Å². The van der Waals surface area contributed by atoms with Gasteiger partial charge < -0.3 is 4.90 Å². The maximum absolute atomic E-state index is 12.2. The molecule has 1 fully saturated rings. The molecule has 0 bridgehead atoms. The lowest BCUT2D eigenvalue weighted by molar-refractivity contribution is 0.0852. The van der Waals surface area contributed by atoms with E-state index in [1.807, 2.05) is 0 Å². The second-order valence-corrected chi connectivity index (χ2v) is 5.86. The lowest BCUT2D eigenvalue weighted by Crippen LogP contribution is -2.46. The molecule has 0 amide bonds. The van der Waals surface area contributed by atoms with Crippen LogP contribution in [0.15, 0.2) is 24.3 Å². The average molecular weight is 281 g/mol. The normalized spacial score (nSPS) is 20.7. The predicted octanol–water partition coefficient (Wildman–Crippen LogP) is 2.55. The summed E-state index contributed by atoms with van der Waals surface area (Å²) in [4.78, 5) is 16.7. The van der Waals surface area contributed by atoms with E-state index in [-0.39, 0.29) is 5.78 Å². The predicted molar refractivity (Wildman–Crippen MR) is 78.9 cm³/mol. The van der Waals surface area contributed by atoms with Crippen molar-refractivity contribution in [2.45, 2.75) is 18.9 Å². The standard InChI is InChI=1S/C15H21ClN2O/c1-17(2)14-4-3-9-18(10-14)11-15(19)12-5-7-13(16)8-6-12/h5-8,14H,3-4,9-11H2,1-2H3. The molecule has 1 aliphatic rings. The topological polar surface area (TPSA) is 23.6 Å². The van der Waals surface area contributed by atoms with Gasteiger partial charge in [0.15, 0.2) is 5.78 Å². The summed E-state index contributed by atoms with van der Waals surface area (Å²) >= 11 is 5.83. The second kappa shape index (κ2) is 6.51. The molecule has 0 aromatic heterocycles. The molecule has 0 aliphatic carbocycles. The molecule has 1 aromatic carbocycles. The highest BCUT2D eigenvalue weighted by Crippen LogP contribution is 2.15. The molecule has 3 nitrogen and oxygen atoms in total. The van der Waals surface area contributed by atoms with Gasteiger partial charge in [0.1, 0.15) is 0 Å². The molecule has 1 aromatic rings. The minimum atomic E-state index is 0.177. The summed E-state index contributed by atoms with van der Waals surface area (Å²) in [6.45, 7) is 2.50. The van der Waals surface area contributed by atoms with Gasteiger partial charge in [0.2, 0.25) is 0 Å². The van der Waals surface area contributed by atoms with Crippen molar-refractivity contribution in [3.8, 4) is 0 Å². The van der Waals surface area contributed by atoms with Gasteiger partial charge >= 0.3 is 0 Å². The number of ketones is 1. The van der Waals surface area contributed by atoms with Crippen molar-refractivity contribution < 1.29 is 4.79 Å². The van der Waals surface area contributed by atoms with Crippen LogP contribution in [-0.4, -0.2) is 55.4 Å². The zero-order valence-electron chi connectivity index (χ0n) is 11.6. The second-order valence-electron chi connectivity index (χ2n) is 5.42. The SMILES string of the molecule is CN(C)C1CCCN(CC(=O)c2ccc(Cl)cc2)C1. The number of likely N-dealkylation sites (tertiary alicyclic amines) is 1. The van der Waals surface area contributed by atoms with Crippen LogP contribution in [-0.2, 0) is 0 Å². The van der Waals surface area contributed by atoms with Crippen LogP contribution < -0.4 is 0 Å². The first kappa shape index (κ1) is 14.5. The molecular weight excluding hydrogens is 260 g/mol. The van der Waals surface area contributed by atoms with Crippen LogP contribution in [0.5, 0.6) is 0 Å². The summed E-state index contributed by atoms with van der Waals surface area (Å²) in [6, 6.07) is 7.71. The van der Waals surface area contributed by atoms with Gasteiger partial charge in [0, 0.05) is 23.2 Å². The Morgan fingerprint density at radius 3 is 2.68 bits per heavy atom. The fourth-order valence-electron chi connectivity index (χ4n) is 2.53. The van der Waals surface area contributed by atoms with E-state index in [2.05, 4.69) is 23.9 Å². The van der Waals surface area contributed by atoms with Crippen molar-refractivity contribution in [3.05, 3.63) is 34.9 Å². The number of rotatable bonds is 4. The van der Waals surface area contributed by atoms with Crippen LogP contribution in [0, 0.1) is 0 Å². The van der Waals surface area contributed by atoms with Crippen LogP contribution in [0.2, 0.25) is 5.02 Å². The first-order valence-corrected chi connectivity index (χ1v) is 7.11. The summed E-state index contributed by atoms with van der Waals surface area (Å²) in [7, 11) is 4.21. The smallest absolute Gasteiger partial charge is 0.176 e. The van der Waals surface area contributed by atoms with Crippen LogP contribution >= 0.6 is 11.6 Å². The van der Waals surface area contributed by atoms with Crippen molar-refractivity contribution in [3.63, 3.8) is 0 Å². The molecule has 1 atom stereocenters. The molecule has 0 saturated carbocycles. The van der Waals surface area contributed by atoms with Crippen molar-refractivity contribution >= 4 is 17.4 Å². The van der Waals surface area contributed by atoms with Crippen molar-refractivity contribution in [2.24, 2.45) is 0 Å². The average Bonchev–Trinajstić information content (AvgIpc) is 2.39. The van der Waals surface area contributed by atoms with E-state index >= 15 is 0 Å². The number of benzene rings is 1. The van der Waals surface area contributed by atoms with Crippen molar-refractivity contribution in [1.82, 2.24) is 9.80 Å². The molecular formula is C15H21ClN2O. The number of hydrogen-bond donors (Lipinski definition) is 0. The Kier molecular flexibility index (Phi) is 4.97. The molecule has 0 radical (unpaired) electrons. The Balaban J connectivity index is 1.93. The highest BCUT2D eigenvalue weighted by atomic mass is 35.5. The molecule has 1 saturated heterocycles. The first-order valence-electron chi connectivity index (χ1n) is 6.74. The Bertz CT molecular complexity index is 430. The first-order chi connectivity index (χ1) is 9.06. The number of Topliss-reactive ketones (excluding diaryl/α,β-unsaturated/α-hetero) is 1. The third-order valence-corrected chi connectivity index (χ3v) is 4.00. The van der Waals surface area contributed by atoms with E-state index in [1.54, 1.807) is 24.3 Å². The maximum Gasteiger partial charge on any atom is 0.176 e.